The van der Waals surface area contributed by atoms with Gasteiger partial charge >= 0.3 is 0 Å². The van der Waals surface area contributed by atoms with Crippen LogP contribution in [0.2, 0.25) is 0 Å². The van der Waals surface area contributed by atoms with Crippen LogP contribution in [-0.2, 0) is 15.6 Å². The van der Waals surface area contributed by atoms with E-state index < -0.39 is 9.84 Å². The highest BCUT2D eigenvalue weighted by atomic mass is 32.2. The second-order valence-corrected chi connectivity index (χ2v) is 6.85. The monoisotopic (exact) mass is 285 g/mol. The summed E-state index contributed by atoms with van der Waals surface area (Å²) >= 11 is 0. The first kappa shape index (κ1) is 15.7. The molecule has 0 aromatic heterocycles. The van der Waals surface area contributed by atoms with Gasteiger partial charge in [-0.15, -0.1) is 0 Å². The number of carbonyl (C=O) groups is 1. The summed E-state index contributed by atoms with van der Waals surface area (Å²) in [6.07, 6.45) is 1.17. The molecule has 106 valence electrons. The average molecular weight is 285 g/mol. The van der Waals surface area contributed by atoms with E-state index in [-0.39, 0.29) is 24.3 Å². The van der Waals surface area contributed by atoms with Crippen molar-refractivity contribution in [3.05, 3.63) is 35.4 Å². The van der Waals surface area contributed by atoms with E-state index in [1.807, 2.05) is 0 Å². The lowest BCUT2D eigenvalue weighted by Gasteiger charge is -2.23. The van der Waals surface area contributed by atoms with Crippen LogP contribution in [0.4, 0.5) is 0 Å². The molecule has 1 unspecified atom stereocenters. The molecule has 0 bridgehead atoms. The van der Waals surface area contributed by atoms with Crippen LogP contribution in [0.25, 0.3) is 0 Å². The Bertz CT molecular complexity index is 536. The molecular weight excluding hydrogens is 266 g/mol. The fraction of sp³-hybridized carbons (Fsp3) is 0.462. The van der Waals surface area contributed by atoms with Gasteiger partial charge < -0.3 is 10.0 Å². The van der Waals surface area contributed by atoms with Gasteiger partial charge in [-0.1, -0.05) is 12.1 Å². The third-order valence-corrected chi connectivity index (χ3v) is 3.73. The van der Waals surface area contributed by atoms with Crippen LogP contribution < -0.4 is 0 Å². The number of rotatable bonds is 5. The molecule has 0 radical (unpaired) electrons. The summed E-state index contributed by atoms with van der Waals surface area (Å²) in [5, 5.41) is 9.01. The Morgan fingerprint density at radius 2 is 1.84 bits per heavy atom. The molecule has 0 saturated heterocycles. The van der Waals surface area contributed by atoms with Crippen molar-refractivity contribution in [1.82, 2.24) is 4.90 Å². The van der Waals surface area contributed by atoms with Crippen LogP contribution >= 0.6 is 0 Å². The van der Waals surface area contributed by atoms with Crippen molar-refractivity contribution >= 4 is 15.7 Å². The molecule has 1 rings (SSSR count). The van der Waals surface area contributed by atoms with Crippen LogP contribution in [0, 0.1) is 0 Å². The molecule has 1 aromatic rings. The highest BCUT2D eigenvalue weighted by Crippen LogP contribution is 2.11. The number of hydrogen-bond donors (Lipinski definition) is 1. The minimum absolute atomic E-state index is 0.0373. The lowest BCUT2D eigenvalue weighted by atomic mass is 10.1. The van der Waals surface area contributed by atoms with E-state index in [0.29, 0.717) is 11.1 Å². The van der Waals surface area contributed by atoms with Gasteiger partial charge in [-0.05, 0) is 24.6 Å². The van der Waals surface area contributed by atoms with Gasteiger partial charge in [-0.3, -0.25) is 4.79 Å². The van der Waals surface area contributed by atoms with E-state index in [1.165, 1.54) is 11.2 Å². The molecule has 1 N–H and O–H groups in total. The first-order valence-corrected chi connectivity index (χ1v) is 7.95. The first-order valence-electron chi connectivity index (χ1n) is 5.89. The summed E-state index contributed by atoms with van der Waals surface area (Å²) in [6, 6.07) is 6.20. The fourth-order valence-corrected chi connectivity index (χ4v) is 2.37. The van der Waals surface area contributed by atoms with Crippen molar-refractivity contribution in [2.75, 3.05) is 19.9 Å². The summed E-state index contributed by atoms with van der Waals surface area (Å²) < 4.78 is 22.3. The maximum absolute atomic E-state index is 12.0. The number of sulfone groups is 1. The van der Waals surface area contributed by atoms with Crippen molar-refractivity contribution in [3.8, 4) is 0 Å². The number of benzene rings is 1. The molecule has 1 aromatic carbocycles. The van der Waals surface area contributed by atoms with Crippen molar-refractivity contribution in [3.63, 3.8) is 0 Å². The number of aliphatic hydroxyl groups excluding tert-OH is 1. The normalized spacial score (nSPS) is 13.1. The smallest absolute Gasteiger partial charge is 0.253 e. The quantitative estimate of drug-likeness (QED) is 0.863. The Balaban J connectivity index is 2.84. The van der Waals surface area contributed by atoms with Gasteiger partial charge in [0.25, 0.3) is 5.91 Å². The molecule has 0 heterocycles. The molecule has 0 spiro atoms. The zero-order chi connectivity index (χ0) is 14.6. The second kappa shape index (κ2) is 6.16. The Labute approximate surface area is 113 Å². The summed E-state index contributed by atoms with van der Waals surface area (Å²) in [7, 11) is -1.45. The lowest BCUT2D eigenvalue weighted by Crippen LogP contribution is -2.37. The molecule has 1 amide bonds. The third kappa shape index (κ3) is 4.65. The minimum atomic E-state index is -3.07. The SMILES string of the molecule is CC(CO)N(C)C(=O)c1ccc(CS(C)(=O)=O)cc1. The van der Waals surface area contributed by atoms with E-state index in [1.54, 1.807) is 38.2 Å². The number of likely N-dealkylation sites (N-methyl/N-ethyl adjacent to an activating group) is 1. The zero-order valence-corrected chi connectivity index (χ0v) is 12.1. The van der Waals surface area contributed by atoms with Gasteiger partial charge in [0.2, 0.25) is 0 Å². The van der Waals surface area contributed by atoms with E-state index in [4.69, 9.17) is 5.11 Å². The lowest BCUT2D eigenvalue weighted by molar-refractivity contribution is 0.0682. The Kier molecular flexibility index (Phi) is 5.08. The van der Waals surface area contributed by atoms with Crippen molar-refractivity contribution in [2.45, 2.75) is 18.7 Å². The van der Waals surface area contributed by atoms with Crippen LogP contribution in [0.3, 0.4) is 0 Å². The first-order chi connectivity index (χ1) is 8.74. The van der Waals surface area contributed by atoms with E-state index in [2.05, 4.69) is 0 Å². The maximum Gasteiger partial charge on any atom is 0.253 e. The van der Waals surface area contributed by atoms with Gasteiger partial charge in [0.1, 0.15) is 0 Å². The molecule has 6 heteroatoms. The molecule has 0 aliphatic heterocycles. The van der Waals surface area contributed by atoms with Crippen LogP contribution in [0.15, 0.2) is 24.3 Å². The Morgan fingerprint density at radius 3 is 2.26 bits per heavy atom. The number of aliphatic hydroxyl groups is 1. The number of hydrogen-bond acceptors (Lipinski definition) is 4. The van der Waals surface area contributed by atoms with E-state index in [9.17, 15) is 13.2 Å². The summed E-state index contributed by atoms with van der Waals surface area (Å²) in [6.45, 7) is 1.64. The van der Waals surface area contributed by atoms with Crippen LogP contribution in [0.1, 0.15) is 22.8 Å². The predicted octanol–water partition coefficient (Wildman–Crippen LogP) is 0.684. The Hall–Kier alpha value is -1.40. The third-order valence-electron chi connectivity index (χ3n) is 2.88. The summed E-state index contributed by atoms with van der Waals surface area (Å²) in [4.78, 5) is 13.5. The topological polar surface area (TPSA) is 74.7 Å². The predicted molar refractivity (Wildman–Crippen MR) is 73.6 cm³/mol. The van der Waals surface area contributed by atoms with Crippen molar-refractivity contribution < 1.29 is 18.3 Å². The van der Waals surface area contributed by atoms with Gasteiger partial charge in [-0.2, -0.15) is 0 Å². The Morgan fingerprint density at radius 1 is 1.32 bits per heavy atom. The minimum Gasteiger partial charge on any atom is -0.394 e. The molecule has 1 atom stereocenters. The summed E-state index contributed by atoms with van der Waals surface area (Å²) in [5.41, 5.74) is 1.12. The highest BCUT2D eigenvalue weighted by Gasteiger charge is 2.16. The molecule has 5 nitrogen and oxygen atoms in total. The van der Waals surface area contributed by atoms with Gasteiger partial charge in [0, 0.05) is 18.9 Å². The van der Waals surface area contributed by atoms with E-state index >= 15 is 0 Å². The number of carbonyl (C=O) groups excluding carboxylic acids is 1. The molecule has 19 heavy (non-hydrogen) atoms. The number of amides is 1. The summed E-state index contributed by atoms with van der Waals surface area (Å²) in [5.74, 6) is -0.239. The number of nitrogens with zero attached hydrogens (tertiary/aromatic N) is 1. The van der Waals surface area contributed by atoms with Gasteiger partial charge in [0.05, 0.1) is 18.4 Å². The molecule has 0 fully saturated rings. The zero-order valence-electron chi connectivity index (χ0n) is 11.3. The standard InChI is InChI=1S/C13H19NO4S/c1-10(8-15)14(2)13(16)12-6-4-11(5-7-12)9-19(3,17)18/h4-7,10,15H,8-9H2,1-3H3. The van der Waals surface area contributed by atoms with Crippen LogP contribution in [-0.4, -0.2) is 50.3 Å². The van der Waals surface area contributed by atoms with Crippen LogP contribution in [0.5, 0.6) is 0 Å². The van der Waals surface area contributed by atoms with Gasteiger partial charge in [0.15, 0.2) is 9.84 Å². The fourth-order valence-electron chi connectivity index (χ4n) is 1.57. The molecule has 0 aliphatic rings. The maximum atomic E-state index is 12.0. The largest absolute Gasteiger partial charge is 0.394 e. The average Bonchev–Trinajstić information content (AvgIpc) is 2.35. The molecule has 0 aliphatic carbocycles. The van der Waals surface area contributed by atoms with E-state index in [0.717, 1.165) is 0 Å². The van der Waals surface area contributed by atoms with Gasteiger partial charge in [-0.25, -0.2) is 8.42 Å². The molecular formula is C13H19NO4S. The van der Waals surface area contributed by atoms with Crippen molar-refractivity contribution in [1.29, 1.82) is 0 Å². The molecule has 0 saturated carbocycles. The highest BCUT2D eigenvalue weighted by molar-refractivity contribution is 7.89. The second-order valence-electron chi connectivity index (χ2n) is 4.71. The van der Waals surface area contributed by atoms with Crippen molar-refractivity contribution in [2.24, 2.45) is 0 Å².